The van der Waals surface area contributed by atoms with Crippen LogP contribution in [0.25, 0.3) is 0 Å². The summed E-state index contributed by atoms with van der Waals surface area (Å²) in [5.41, 5.74) is 2.34. The lowest BCUT2D eigenvalue weighted by Gasteiger charge is -2.30. The number of carbonyl (C=O) groups excluding carboxylic acids is 2. The summed E-state index contributed by atoms with van der Waals surface area (Å²) in [6.45, 7) is 3.15. The van der Waals surface area contributed by atoms with E-state index in [-0.39, 0.29) is 23.8 Å². The molecule has 3 aliphatic rings. The Bertz CT molecular complexity index is 630. The second-order valence-corrected chi connectivity index (χ2v) is 6.80. The summed E-state index contributed by atoms with van der Waals surface area (Å²) in [5, 5.41) is 2.95. The van der Waals surface area contributed by atoms with Crippen molar-refractivity contribution in [1.29, 1.82) is 0 Å². The third kappa shape index (κ3) is 2.63. The summed E-state index contributed by atoms with van der Waals surface area (Å²) in [6, 6.07) is 8.15. The minimum Gasteiger partial charge on any atom is -0.355 e. The topological polar surface area (TPSA) is 52.7 Å². The first kappa shape index (κ1) is 14.7. The van der Waals surface area contributed by atoms with Gasteiger partial charge in [0.05, 0.1) is 12.0 Å². The molecule has 0 saturated carbocycles. The second kappa shape index (κ2) is 5.96. The first-order valence-corrected chi connectivity index (χ1v) is 8.65. The molecule has 0 aliphatic carbocycles. The summed E-state index contributed by atoms with van der Waals surface area (Å²) < 4.78 is 0. The predicted molar refractivity (Wildman–Crippen MR) is 88.2 cm³/mol. The van der Waals surface area contributed by atoms with Gasteiger partial charge >= 0.3 is 0 Å². The van der Waals surface area contributed by atoms with Gasteiger partial charge in [0.15, 0.2) is 0 Å². The molecule has 23 heavy (non-hydrogen) atoms. The number of hydrogen-bond acceptors (Lipinski definition) is 3. The Balaban J connectivity index is 1.44. The zero-order chi connectivity index (χ0) is 15.8. The van der Waals surface area contributed by atoms with Crippen LogP contribution in [0, 0.1) is 5.92 Å². The van der Waals surface area contributed by atoms with E-state index in [9.17, 15) is 9.59 Å². The maximum absolute atomic E-state index is 12.9. The van der Waals surface area contributed by atoms with Crippen molar-refractivity contribution in [3.63, 3.8) is 0 Å². The number of nitrogens with one attached hydrogen (secondary N) is 1. The van der Waals surface area contributed by atoms with E-state index in [0.29, 0.717) is 0 Å². The molecule has 1 aromatic carbocycles. The lowest BCUT2D eigenvalue weighted by Crippen LogP contribution is -2.50. The van der Waals surface area contributed by atoms with E-state index < -0.39 is 0 Å². The monoisotopic (exact) mass is 313 g/mol. The molecule has 1 aromatic rings. The molecular weight excluding hydrogens is 290 g/mol. The van der Waals surface area contributed by atoms with E-state index in [1.165, 1.54) is 5.56 Å². The van der Waals surface area contributed by atoms with Gasteiger partial charge in [-0.2, -0.15) is 0 Å². The van der Waals surface area contributed by atoms with Gasteiger partial charge < -0.3 is 10.2 Å². The van der Waals surface area contributed by atoms with Crippen LogP contribution in [0.3, 0.4) is 0 Å². The highest BCUT2D eigenvalue weighted by Crippen LogP contribution is 2.31. The number of carbonyl (C=O) groups is 2. The third-order valence-electron chi connectivity index (χ3n) is 5.42. The van der Waals surface area contributed by atoms with Gasteiger partial charge in [-0.25, -0.2) is 0 Å². The summed E-state index contributed by atoms with van der Waals surface area (Å²) in [6.07, 6.45) is 3.76. The standard InChI is InChI=1S/C18H23N3O2/c22-17-16(6-3-9-19-17)20-10-7-14(12-20)18(23)21-11-8-13-4-1-2-5-15(13)21/h1-2,4-5,14,16H,3,6-12H2,(H,19,22). The minimum atomic E-state index is -0.0348. The largest absolute Gasteiger partial charge is 0.355 e. The number of likely N-dealkylation sites (tertiary alicyclic amines) is 1. The van der Waals surface area contributed by atoms with Crippen molar-refractivity contribution in [2.24, 2.45) is 5.92 Å². The quantitative estimate of drug-likeness (QED) is 0.892. The average molecular weight is 313 g/mol. The van der Waals surface area contributed by atoms with Crippen LogP contribution < -0.4 is 10.2 Å². The lowest BCUT2D eigenvalue weighted by molar-refractivity contribution is -0.128. The van der Waals surface area contributed by atoms with Gasteiger partial charge in [-0.3, -0.25) is 14.5 Å². The number of nitrogens with zero attached hydrogens (tertiary/aromatic N) is 2. The summed E-state index contributed by atoms with van der Waals surface area (Å²) in [7, 11) is 0. The van der Waals surface area contributed by atoms with E-state index in [2.05, 4.69) is 16.3 Å². The van der Waals surface area contributed by atoms with Crippen LogP contribution >= 0.6 is 0 Å². The smallest absolute Gasteiger partial charge is 0.237 e. The first-order valence-electron chi connectivity index (χ1n) is 8.65. The van der Waals surface area contributed by atoms with Crippen LogP contribution in [-0.4, -0.2) is 48.9 Å². The Morgan fingerprint density at radius 3 is 2.91 bits per heavy atom. The Hall–Kier alpha value is -1.88. The molecule has 0 bridgehead atoms. The highest BCUT2D eigenvalue weighted by atomic mass is 16.2. The van der Waals surface area contributed by atoms with E-state index in [1.807, 2.05) is 23.1 Å². The van der Waals surface area contributed by atoms with Crippen molar-refractivity contribution in [2.75, 3.05) is 31.1 Å². The van der Waals surface area contributed by atoms with E-state index in [0.717, 1.165) is 57.5 Å². The summed E-state index contributed by atoms with van der Waals surface area (Å²) in [4.78, 5) is 29.1. The van der Waals surface area contributed by atoms with E-state index >= 15 is 0 Å². The Kier molecular flexibility index (Phi) is 3.81. The van der Waals surface area contributed by atoms with Crippen molar-refractivity contribution in [2.45, 2.75) is 31.7 Å². The molecule has 2 amide bonds. The highest BCUT2D eigenvalue weighted by Gasteiger charge is 2.38. The zero-order valence-corrected chi connectivity index (χ0v) is 13.3. The fraction of sp³-hybridized carbons (Fsp3) is 0.556. The first-order chi connectivity index (χ1) is 11.2. The average Bonchev–Trinajstić information content (AvgIpc) is 3.22. The van der Waals surface area contributed by atoms with Gasteiger partial charge in [-0.15, -0.1) is 0 Å². The molecule has 3 heterocycles. The van der Waals surface area contributed by atoms with Gasteiger partial charge in [-0.1, -0.05) is 18.2 Å². The van der Waals surface area contributed by atoms with Gasteiger partial charge in [0.2, 0.25) is 11.8 Å². The van der Waals surface area contributed by atoms with Crippen LogP contribution in [0.1, 0.15) is 24.8 Å². The van der Waals surface area contributed by atoms with E-state index in [1.54, 1.807) is 0 Å². The predicted octanol–water partition coefficient (Wildman–Crippen LogP) is 1.18. The number of piperidine rings is 1. The molecule has 5 nitrogen and oxygen atoms in total. The zero-order valence-electron chi connectivity index (χ0n) is 13.3. The molecule has 5 heteroatoms. The number of anilines is 1. The Morgan fingerprint density at radius 1 is 1.17 bits per heavy atom. The van der Waals surface area contributed by atoms with Crippen LogP contribution in [-0.2, 0) is 16.0 Å². The number of hydrogen-bond donors (Lipinski definition) is 1. The van der Waals surface area contributed by atoms with Crippen LogP contribution in [0.4, 0.5) is 5.69 Å². The molecule has 1 N–H and O–H groups in total. The highest BCUT2D eigenvalue weighted by molar-refractivity contribution is 5.97. The summed E-state index contributed by atoms with van der Waals surface area (Å²) in [5.74, 6) is 0.389. The number of para-hydroxylation sites is 1. The maximum atomic E-state index is 12.9. The third-order valence-corrected chi connectivity index (χ3v) is 5.42. The Morgan fingerprint density at radius 2 is 2.04 bits per heavy atom. The molecule has 0 radical (unpaired) electrons. The van der Waals surface area contributed by atoms with Crippen LogP contribution in [0.5, 0.6) is 0 Å². The number of benzene rings is 1. The number of amides is 2. The second-order valence-electron chi connectivity index (χ2n) is 6.80. The van der Waals surface area contributed by atoms with Crippen LogP contribution in [0.2, 0.25) is 0 Å². The number of fused-ring (bicyclic) bond motifs is 1. The molecule has 2 fully saturated rings. The minimum absolute atomic E-state index is 0.0240. The molecule has 2 atom stereocenters. The lowest BCUT2D eigenvalue weighted by atomic mass is 10.0. The van der Waals surface area contributed by atoms with Crippen molar-refractivity contribution in [1.82, 2.24) is 10.2 Å². The van der Waals surface area contributed by atoms with Crippen molar-refractivity contribution in [3.05, 3.63) is 29.8 Å². The molecule has 0 aromatic heterocycles. The van der Waals surface area contributed by atoms with Gasteiger partial charge in [0, 0.05) is 25.3 Å². The Labute approximate surface area is 136 Å². The number of rotatable bonds is 2. The molecule has 0 spiro atoms. The van der Waals surface area contributed by atoms with Crippen LogP contribution in [0.15, 0.2) is 24.3 Å². The van der Waals surface area contributed by atoms with Crippen molar-refractivity contribution < 1.29 is 9.59 Å². The molecular formula is C18H23N3O2. The maximum Gasteiger partial charge on any atom is 0.237 e. The fourth-order valence-corrected chi connectivity index (χ4v) is 4.16. The molecule has 3 aliphatic heterocycles. The van der Waals surface area contributed by atoms with Gasteiger partial charge in [0.25, 0.3) is 0 Å². The fourth-order valence-electron chi connectivity index (χ4n) is 4.16. The molecule has 2 saturated heterocycles. The van der Waals surface area contributed by atoms with Gasteiger partial charge in [-0.05, 0) is 43.9 Å². The molecule has 4 rings (SSSR count). The molecule has 122 valence electrons. The SMILES string of the molecule is O=C1NCCCC1N1CCC(C(=O)N2CCc3ccccc32)C1. The van der Waals surface area contributed by atoms with Crippen molar-refractivity contribution >= 4 is 17.5 Å². The normalized spacial score (nSPS) is 27.8. The molecule has 2 unspecified atom stereocenters. The van der Waals surface area contributed by atoms with E-state index in [4.69, 9.17) is 0 Å². The van der Waals surface area contributed by atoms with Crippen molar-refractivity contribution in [3.8, 4) is 0 Å². The summed E-state index contributed by atoms with van der Waals surface area (Å²) >= 11 is 0. The van der Waals surface area contributed by atoms with Gasteiger partial charge in [0.1, 0.15) is 0 Å².